The van der Waals surface area contributed by atoms with Crippen LogP contribution in [0.2, 0.25) is 0 Å². The Labute approximate surface area is 139 Å². The predicted molar refractivity (Wildman–Crippen MR) is 90.0 cm³/mol. The number of hydrogen-bond acceptors (Lipinski definition) is 4. The molecule has 3 rings (SSSR count). The van der Waals surface area contributed by atoms with Gasteiger partial charge in [-0.1, -0.05) is 36.4 Å². The van der Waals surface area contributed by atoms with Crippen molar-refractivity contribution in [1.82, 2.24) is 4.98 Å². The zero-order valence-corrected chi connectivity index (χ0v) is 13.4. The van der Waals surface area contributed by atoms with Crippen molar-refractivity contribution in [3.63, 3.8) is 0 Å². The van der Waals surface area contributed by atoms with Crippen molar-refractivity contribution in [3.05, 3.63) is 65.5 Å². The molecule has 1 unspecified atom stereocenters. The highest BCUT2D eigenvalue weighted by atomic mass is 16.5. The summed E-state index contributed by atoms with van der Waals surface area (Å²) < 4.78 is 11.0. The summed E-state index contributed by atoms with van der Waals surface area (Å²) in [5, 5.41) is 9.19. The Morgan fingerprint density at radius 3 is 2.71 bits per heavy atom. The molecule has 1 atom stereocenters. The number of aliphatic carboxylic acids is 1. The minimum absolute atomic E-state index is 0.306. The first kappa shape index (κ1) is 16.2. The fourth-order valence-electron chi connectivity index (χ4n) is 2.63. The molecule has 0 aliphatic rings. The van der Waals surface area contributed by atoms with Crippen molar-refractivity contribution in [2.24, 2.45) is 0 Å². The number of carboxylic acid groups (broad SMARTS) is 1. The molecule has 0 aliphatic heterocycles. The molecule has 5 heteroatoms. The normalized spacial score (nSPS) is 12.4. The Bertz CT molecular complexity index is 826. The number of carbonyl (C=O) groups is 1. The molecule has 0 amide bonds. The van der Waals surface area contributed by atoms with Crippen LogP contribution in [0.25, 0.3) is 11.1 Å². The number of oxazole rings is 1. The number of aromatic nitrogens is 1. The van der Waals surface area contributed by atoms with E-state index in [0.29, 0.717) is 30.9 Å². The fourth-order valence-corrected chi connectivity index (χ4v) is 2.63. The number of benzene rings is 2. The van der Waals surface area contributed by atoms with Crippen LogP contribution in [0.5, 0.6) is 0 Å². The zero-order chi connectivity index (χ0) is 16.9. The fraction of sp³-hybridized carbons (Fsp3) is 0.263. The van der Waals surface area contributed by atoms with Gasteiger partial charge in [0.15, 0.2) is 17.6 Å². The predicted octanol–water partition coefficient (Wildman–Crippen LogP) is 3.45. The van der Waals surface area contributed by atoms with Gasteiger partial charge in [-0.3, -0.25) is 0 Å². The van der Waals surface area contributed by atoms with Gasteiger partial charge >= 0.3 is 5.97 Å². The first-order chi connectivity index (χ1) is 11.7. The lowest BCUT2D eigenvalue weighted by Crippen LogP contribution is -2.26. The molecule has 2 aromatic carbocycles. The van der Waals surface area contributed by atoms with Crippen molar-refractivity contribution in [2.75, 3.05) is 6.61 Å². The van der Waals surface area contributed by atoms with Crippen LogP contribution in [0.1, 0.15) is 23.9 Å². The summed E-state index contributed by atoms with van der Waals surface area (Å²) in [6.07, 6.45) is 0.0878. The highest BCUT2D eigenvalue weighted by molar-refractivity contribution is 5.75. The van der Waals surface area contributed by atoms with Crippen molar-refractivity contribution in [1.29, 1.82) is 0 Å². The molecule has 0 spiro atoms. The largest absolute Gasteiger partial charge is 0.479 e. The molecule has 0 radical (unpaired) electrons. The maximum Gasteiger partial charge on any atom is 0.333 e. The summed E-state index contributed by atoms with van der Waals surface area (Å²) >= 11 is 0. The SMILES string of the molecule is CCOC(Cc1ccc2oc(Cc3ccccc3)nc2c1)C(=O)O. The van der Waals surface area contributed by atoms with Crippen molar-refractivity contribution in [3.8, 4) is 0 Å². The number of rotatable bonds is 7. The summed E-state index contributed by atoms with van der Waals surface area (Å²) in [5.74, 6) is -0.310. The molecular weight excluding hydrogens is 306 g/mol. The van der Waals surface area contributed by atoms with E-state index in [0.717, 1.165) is 16.6 Å². The van der Waals surface area contributed by atoms with Gasteiger partial charge in [0.2, 0.25) is 0 Å². The highest BCUT2D eigenvalue weighted by Gasteiger charge is 2.18. The zero-order valence-electron chi connectivity index (χ0n) is 13.4. The molecule has 3 aromatic rings. The van der Waals surface area contributed by atoms with Gasteiger partial charge in [0.05, 0.1) is 0 Å². The first-order valence-electron chi connectivity index (χ1n) is 7.92. The van der Waals surface area contributed by atoms with E-state index in [1.54, 1.807) is 6.92 Å². The minimum Gasteiger partial charge on any atom is -0.479 e. The summed E-state index contributed by atoms with van der Waals surface area (Å²) in [6.45, 7) is 2.15. The number of carboxylic acids is 1. The van der Waals surface area contributed by atoms with Gasteiger partial charge in [0.1, 0.15) is 5.52 Å². The van der Waals surface area contributed by atoms with Gasteiger partial charge in [-0.2, -0.15) is 0 Å². The Kier molecular flexibility index (Phi) is 4.91. The van der Waals surface area contributed by atoms with Crippen LogP contribution in [0.4, 0.5) is 0 Å². The lowest BCUT2D eigenvalue weighted by molar-refractivity contribution is -0.149. The third-order valence-electron chi connectivity index (χ3n) is 3.76. The molecule has 0 fully saturated rings. The van der Waals surface area contributed by atoms with E-state index in [1.807, 2.05) is 48.5 Å². The summed E-state index contributed by atoms with van der Waals surface area (Å²) in [5.41, 5.74) is 3.43. The van der Waals surface area contributed by atoms with Gasteiger partial charge in [-0.05, 0) is 30.2 Å². The van der Waals surface area contributed by atoms with E-state index in [-0.39, 0.29) is 0 Å². The smallest absolute Gasteiger partial charge is 0.333 e. The highest BCUT2D eigenvalue weighted by Crippen LogP contribution is 2.20. The Morgan fingerprint density at radius 1 is 1.21 bits per heavy atom. The second-order valence-corrected chi connectivity index (χ2v) is 5.56. The second-order valence-electron chi connectivity index (χ2n) is 5.56. The Morgan fingerprint density at radius 2 is 2.00 bits per heavy atom. The summed E-state index contributed by atoms with van der Waals surface area (Å²) in [6, 6.07) is 15.5. The summed E-state index contributed by atoms with van der Waals surface area (Å²) in [7, 11) is 0. The van der Waals surface area contributed by atoms with E-state index in [1.165, 1.54) is 0 Å². The maximum absolute atomic E-state index is 11.2. The molecule has 5 nitrogen and oxygen atoms in total. The second kappa shape index (κ2) is 7.27. The Hall–Kier alpha value is -2.66. The molecular formula is C19H19NO4. The lowest BCUT2D eigenvalue weighted by Gasteiger charge is -2.11. The lowest BCUT2D eigenvalue weighted by atomic mass is 10.1. The van der Waals surface area contributed by atoms with Crippen LogP contribution in [0, 0.1) is 0 Å². The van der Waals surface area contributed by atoms with Crippen LogP contribution in [-0.2, 0) is 22.4 Å². The van der Waals surface area contributed by atoms with Gasteiger partial charge in [-0.25, -0.2) is 9.78 Å². The van der Waals surface area contributed by atoms with E-state index in [4.69, 9.17) is 9.15 Å². The molecule has 124 valence electrons. The van der Waals surface area contributed by atoms with Crippen LogP contribution in [0.3, 0.4) is 0 Å². The van der Waals surface area contributed by atoms with Crippen LogP contribution >= 0.6 is 0 Å². The maximum atomic E-state index is 11.2. The quantitative estimate of drug-likeness (QED) is 0.720. The van der Waals surface area contributed by atoms with Crippen LogP contribution in [0.15, 0.2) is 52.9 Å². The molecule has 1 heterocycles. The number of ether oxygens (including phenoxy) is 1. The number of fused-ring (bicyclic) bond motifs is 1. The number of hydrogen-bond donors (Lipinski definition) is 1. The monoisotopic (exact) mass is 325 g/mol. The first-order valence-corrected chi connectivity index (χ1v) is 7.92. The average molecular weight is 325 g/mol. The third-order valence-corrected chi connectivity index (χ3v) is 3.76. The van der Waals surface area contributed by atoms with Crippen molar-refractivity contribution >= 4 is 17.1 Å². The molecule has 1 N–H and O–H groups in total. The van der Waals surface area contributed by atoms with Gasteiger partial charge in [0.25, 0.3) is 0 Å². The van der Waals surface area contributed by atoms with E-state index in [9.17, 15) is 9.90 Å². The molecule has 0 bridgehead atoms. The minimum atomic E-state index is -0.957. The van der Waals surface area contributed by atoms with Crippen molar-refractivity contribution in [2.45, 2.75) is 25.9 Å². The Balaban J connectivity index is 1.79. The third kappa shape index (κ3) is 3.81. The standard InChI is InChI=1S/C19H19NO4/c1-2-23-17(19(21)22)11-14-8-9-16-15(10-14)20-18(24-16)12-13-6-4-3-5-7-13/h3-10,17H,2,11-12H2,1H3,(H,21,22). The molecule has 1 aromatic heterocycles. The molecule has 0 saturated carbocycles. The number of nitrogens with zero attached hydrogens (tertiary/aromatic N) is 1. The van der Waals surface area contributed by atoms with Gasteiger partial charge in [-0.15, -0.1) is 0 Å². The van der Waals surface area contributed by atoms with E-state index >= 15 is 0 Å². The topological polar surface area (TPSA) is 72.6 Å². The molecule has 0 saturated heterocycles. The van der Waals surface area contributed by atoms with E-state index < -0.39 is 12.1 Å². The average Bonchev–Trinajstić information content (AvgIpc) is 2.96. The van der Waals surface area contributed by atoms with Crippen LogP contribution < -0.4 is 0 Å². The molecule has 0 aliphatic carbocycles. The van der Waals surface area contributed by atoms with Crippen LogP contribution in [-0.4, -0.2) is 28.8 Å². The van der Waals surface area contributed by atoms with Gasteiger partial charge < -0.3 is 14.3 Å². The van der Waals surface area contributed by atoms with Gasteiger partial charge in [0, 0.05) is 19.4 Å². The van der Waals surface area contributed by atoms with E-state index in [2.05, 4.69) is 4.98 Å². The van der Waals surface area contributed by atoms with Crippen molar-refractivity contribution < 1.29 is 19.1 Å². The molecule has 24 heavy (non-hydrogen) atoms. The summed E-state index contributed by atoms with van der Waals surface area (Å²) in [4.78, 5) is 15.7.